The number of sulfonamides is 1. The van der Waals surface area contributed by atoms with Crippen LogP contribution in [0.1, 0.15) is 44.1 Å². The minimum Gasteiger partial charge on any atom is -0.473 e. The van der Waals surface area contributed by atoms with Crippen molar-refractivity contribution < 1.29 is 33.0 Å². The Hall–Kier alpha value is -2.46. The lowest BCUT2D eigenvalue weighted by Crippen LogP contribution is -2.50. The van der Waals surface area contributed by atoms with Crippen molar-refractivity contribution in [1.82, 2.24) is 9.21 Å². The van der Waals surface area contributed by atoms with E-state index in [2.05, 4.69) is 0 Å². The van der Waals surface area contributed by atoms with Gasteiger partial charge in [0, 0.05) is 32.6 Å². The standard InChI is InChI=1S/C19H28N2O3S.C2H2O4/c1-16-6-9-18(10-7-16)25(23,24)21-14-12-20(13-15-21)19(22)11-8-17-4-2-3-5-17;3-1(4)2(5)6/h6-7,9-10,17H,2-5,8,11-15H2,1H3;(H,3,4)(H,5,6). The normalized spacial score (nSPS) is 17.6. The molecule has 0 bridgehead atoms. The van der Waals surface area contributed by atoms with Crippen LogP contribution in [0.25, 0.3) is 0 Å². The SMILES string of the molecule is Cc1ccc(S(=O)(=O)N2CCN(C(=O)CCC3CCCC3)CC2)cc1.O=C(O)C(=O)O. The van der Waals surface area contributed by atoms with E-state index in [-0.39, 0.29) is 5.91 Å². The van der Waals surface area contributed by atoms with E-state index in [1.165, 1.54) is 30.0 Å². The van der Waals surface area contributed by atoms with Crippen LogP contribution < -0.4 is 0 Å². The average molecular weight is 455 g/mol. The summed E-state index contributed by atoms with van der Waals surface area (Å²) in [5.74, 6) is -2.75. The number of nitrogens with zero attached hydrogens (tertiary/aromatic N) is 2. The van der Waals surface area contributed by atoms with Crippen molar-refractivity contribution >= 4 is 27.9 Å². The Morgan fingerprint density at radius 2 is 1.45 bits per heavy atom. The highest BCUT2D eigenvalue weighted by atomic mass is 32.2. The fourth-order valence-corrected chi connectivity index (χ4v) is 5.24. The zero-order chi connectivity index (χ0) is 23.0. The number of piperazine rings is 1. The molecule has 1 saturated heterocycles. The molecule has 0 atom stereocenters. The molecule has 0 spiro atoms. The summed E-state index contributed by atoms with van der Waals surface area (Å²) in [7, 11) is -3.46. The summed E-state index contributed by atoms with van der Waals surface area (Å²) in [4.78, 5) is 32.7. The molecule has 31 heavy (non-hydrogen) atoms. The average Bonchev–Trinajstić information content (AvgIpc) is 3.26. The first-order valence-corrected chi connectivity index (χ1v) is 11.9. The van der Waals surface area contributed by atoms with E-state index < -0.39 is 22.0 Å². The number of amides is 1. The van der Waals surface area contributed by atoms with Gasteiger partial charge < -0.3 is 15.1 Å². The number of benzene rings is 1. The zero-order valence-corrected chi connectivity index (χ0v) is 18.5. The Kier molecular flexibility index (Phi) is 9.00. The number of hydrogen-bond donors (Lipinski definition) is 2. The molecule has 3 rings (SSSR count). The van der Waals surface area contributed by atoms with Gasteiger partial charge in [0.15, 0.2) is 0 Å². The molecule has 0 aromatic heterocycles. The van der Waals surface area contributed by atoms with Crippen LogP contribution in [0.2, 0.25) is 0 Å². The highest BCUT2D eigenvalue weighted by molar-refractivity contribution is 7.89. The van der Waals surface area contributed by atoms with E-state index in [9.17, 15) is 13.2 Å². The largest absolute Gasteiger partial charge is 0.473 e. The highest BCUT2D eigenvalue weighted by Gasteiger charge is 2.30. The summed E-state index contributed by atoms with van der Waals surface area (Å²) in [5.41, 5.74) is 1.04. The quantitative estimate of drug-likeness (QED) is 0.650. The van der Waals surface area contributed by atoms with Crippen molar-refractivity contribution in [3.63, 3.8) is 0 Å². The molecule has 1 aliphatic carbocycles. The van der Waals surface area contributed by atoms with Crippen LogP contribution in [-0.4, -0.2) is 71.9 Å². The summed E-state index contributed by atoms with van der Waals surface area (Å²) in [6.45, 7) is 3.69. The predicted octanol–water partition coefficient (Wildman–Crippen LogP) is 1.95. The summed E-state index contributed by atoms with van der Waals surface area (Å²) in [5, 5.41) is 14.8. The molecule has 0 unspecified atom stereocenters. The molecule has 1 aliphatic heterocycles. The second-order valence-corrected chi connectivity index (χ2v) is 9.84. The van der Waals surface area contributed by atoms with Crippen molar-refractivity contribution in [2.24, 2.45) is 5.92 Å². The van der Waals surface area contributed by atoms with E-state index in [4.69, 9.17) is 19.8 Å². The van der Waals surface area contributed by atoms with Gasteiger partial charge in [-0.05, 0) is 31.4 Å². The number of carbonyl (C=O) groups is 3. The van der Waals surface area contributed by atoms with Gasteiger partial charge in [-0.1, -0.05) is 43.4 Å². The molecule has 2 fully saturated rings. The number of aryl methyl sites for hydroxylation is 1. The number of aliphatic carboxylic acids is 2. The smallest absolute Gasteiger partial charge is 0.414 e. The van der Waals surface area contributed by atoms with Crippen LogP contribution >= 0.6 is 0 Å². The maximum atomic E-state index is 12.7. The van der Waals surface area contributed by atoms with Gasteiger partial charge in [-0.25, -0.2) is 18.0 Å². The fourth-order valence-electron chi connectivity index (χ4n) is 3.82. The number of hydrogen-bond acceptors (Lipinski definition) is 5. The lowest BCUT2D eigenvalue weighted by Gasteiger charge is -2.34. The van der Waals surface area contributed by atoms with Gasteiger partial charge in [-0.2, -0.15) is 4.31 Å². The van der Waals surface area contributed by atoms with Crippen LogP contribution in [0.15, 0.2) is 29.2 Å². The Bertz CT molecular complexity index is 857. The number of carboxylic acid groups (broad SMARTS) is 2. The van der Waals surface area contributed by atoms with E-state index in [0.29, 0.717) is 43.4 Å². The minimum absolute atomic E-state index is 0.180. The van der Waals surface area contributed by atoms with Gasteiger partial charge >= 0.3 is 11.9 Å². The minimum atomic E-state index is -3.46. The lowest BCUT2D eigenvalue weighted by atomic mass is 10.0. The van der Waals surface area contributed by atoms with Gasteiger partial charge in [0.05, 0.1) is 4.90 Å². The molecule has 1 heterocycles. The Morgan fingerprint density at radius 1 is 0.935 bits per heavy atom. The fraction of sp³-hybridized carbons (Fsp3) is 0.571. The Morgan fingerprint density at radius 3 is 1.94 bits per heavy atom. The first-order valence-electron chi connectivity index (χ1n) is 10.4. The molecule has 2 aliphatic rings. The molecule has 1 saturated carbocycles. The van der Waals surface area contributed by atoms with Crippen LogP contribution in [0.4, 0.5) is 0 Å². The van der Waals surface area contributed by atoms with Crippen molar-refractivity contribution in [2.45, 2.75) is 50.3 Å². The predicted molar refractivity (Wildman–Crippen MR) is 113 cm³/mol. The maximum Gasteiger partial charge on any atom is 0.414 e. The molecule has 1 amide bonds. The molecule has 0 radical (unpaired) electrons. The molecular formula is C21H30N2O7S. The van der Waals surface area contributed by atoms with Gasteiger partial charge in [0.25, 0.3) is 0 Å². The Balaban J connectivity index is 0.000000501. The first-order chi connectivity index (χ1) is 14.6. The van der Waals surface area contributed by atoms with Gasteiger partial charge in [0.2, 0.25) is 15.9 Å². The van der Waals surface area contributed by atoms with Crippen molar-refractivity contribution in [1.29, 1.82) is 0 Å². The molecular weight excluding hydrogens is 424 g/mol. The van der Waals surface area contributed by atoms with E-state index in [1.807, 2.05) is 24.0 Å². The molecule has 10 heteroatoms. The lowest BCUT2D eigenvalue weighted by molar-refractivity contribution is -0.159. The molecule has 172 valence electrons. The third kappa shape index (κ3) is 7.32. The number of rotatable bonds is 5. The number of carboxylic acids is 2. The molecule has 9 nitrogen and oxygen atoms in total. The third-order valence-corrected chi connectivity index (χ3v) is 7.59. The van der Waals surface area contributed by atoms with Crippen LogP contribution in [0.3, 0.4) is 0 Å². The topological polar surface area (TPSA) is 132 Å². The first kappa shape index (κ1) is 24.8. The summed E-state index contributed by atoms with van der Waals surface area (Å²) in [6.07, 6.45) is 6.71. The van der Waals surface area contributed by atoms with Gasteiger partial charge in [-0.15, -0.1) is 0 Å². The molecule has 1 aromatic carbocycles. The summed E-state index contributed by atoms with van der Waals surface area (Å²) in [6, 6.07) is 6.94. The second kappa shape index (κ2) is 11.2. The highest BCUT2D eigenvalue weighted by Crippen LogP contribution is 2.29. The molecule has 1 aromatic rings. The summed E-state index contributed by atoms with van der Waals surface area (Å²) < 4.78 is 26.9. The van der Waals surface area contributed by atoms with E-state index in [0.717, 1.165) is 12.0 Å². The van der Waals surface area contributed by atoms with Crippen molar-refractivity contribution in [3.05, 3.63) is 29.8 Å². The third-order valence-electron chi connectivity index (χ3n) is 5.67. The van der Waals surface area contributed by atoms with E-state index in [1.54, 1.807) is 12.1 Å². The van der Waals surface area contributed by atoms with Crippen molar-refractivity contribution in [3.8, 4) is 0 Å². The Labute approximate surface area is 182 Å². The van der Waals surface area contributed by atoms with E-state index >= 15 is 0 Å². The van der Waals surface area contributed by atoms with Crippen LogP contribution in [-0.2, 0) is 24.4 Å². The maximum absolute atomic E-state index is 12.7. The second-order valence-electron chi connectivity index (χ2n) is 7.90. The van der Waals surface area contributed by atoms with Crippen molar-refractivity contribution in [2.75, 3.05) is 26.2 Å². The summed E-state index contributed by atoms with van der Waals surface area (Å²) >= 11 is 0. The zero-order valence-electron chi connectivity index (χ0n) is 17.7. The van der Waals surface area contributed by atoms with Crippen LogP contribution in [0.5, 0.6) is 0 Å². The monoisotopic (exact) mass is 454 g/mol. The van der Waals surface area contributed by atoms with Crippen LogP contribution in [0, 0.1) is 12.8 Å². The molecule has 2 N–H and O–H groups in total. The van der Waals surface area contributed by atoms with Gasteiger partial charge in [0.1, 0.15) is 0 Å². The van der Waals surface area contributed by atoms with Gasteiger partial charge in [-0.3, -0.25) is 4.79 Å². The number of carbonyl (C=O) groups excluding carboxylic acids is 1.